The van der Waals surface area contributed by atoms with Crippen LogP contribution in [0.15, 0.2) is 0 Å². The molecule has 0 rings (SSSR count). The molecule has 0 aliphatic heterocycles. The van der Waals surface area contributed by atoms with Crippen LogP contribution in [0.4, 0.5) is 0 Å². The van der Waals surface area contributed by atoms with E-state index in [4.69, 9.17) is 5.11 Å². The van der Waals surface area contributed by atoms with Crippen molar-refractivity contribution in [3.05, 3.63) is 0 Å². The summed E-state index contributed by atoms with van der Waals surface area (Å²) in [7, 11) is -3.50. The number of rotatable bonds is 7. The number of nitrogens with zero attached hydrogens (tertiary/aromatic N) is 1. The zero-order valence-electron chi connectivity index (χ0n) is 8.36. The molecule has 0 fully saturated rings. The third-order valence-corrected chi connectivity index (χ3v) is 3.43. The minimum absolute atomic E-state index is 0.0752. The van der Waals surface area contributed by atoms with E-state index in [1.807, 2.05) is 0 Å². The van der Waals surface area contributed by atoms with Gasteiger partial charge in [-0.2, -0.15) is 12.7 Å². The van der Waals surface area contributed by atoms with E-state index in [-0.39, 0.29) is 13.0 Å². The zero-order valence-corrected chi connectivity index (χ0v) is 9.17. The van der Waals surface area contributed by atoms with Crippen LogP contribution in [-0.2, 0) is 15.0 Å². The smallest absolute Gasteiger partial charge is 0.304 e. The van der Waals surface area contributed by atoms with Crippen LogP contribution >= 0.6 is 0 Å². The second kappa shape index (κ2) is 5.94. The van der Waals surface area contributed by atoms with Crippen molar-refractivity contribution in [1.82, 2.24) is 9.03 Å². The average Bonchev–Trinajstić information content (AvgIpc) is 2.04. The van der Waals surface area contributed by atoms with Crippen molar-refractivity contribution in [2.24, 2.45) is 0 Å². The van der Waals surface area contributed by atoms with Gasteiger partial charge in [0.25, 0.3) is 10.2 Å². The van der Waals surface area contributed by atoms with E-state index in [2.05, 4.69) is 4.72 Å². The van der Waals surface area contributed by atoms with Crippen molar-refractivity contribution in [2.45, 2.75) is 20.3 Å². The molecule has 0 saturated heterocycles. The maximum atomic E-state index is 11.4. The SMILES string of the molecule is CCN(CC)S(=O)(=O)NCCC(=O)O. The second-order valence-corrected chi connectivity index (χ2v) is 4.38. The van der Waals surface area contributed by atoms with E-state index in [0.29, 0.717) is 13.1 Å². The van der Waals surface area contributed by atoms with Crippen LogP contribution in [0.5, 0.6) is 0 Å². The number of hydrogen-bond acceptors (Lipinski definition) is 3. The first-order chi connectivity index (χ1) is 6.44. The number of hydrogen-bond donors (Lipinski definition) is 2. The fourth-order valence-electron chi connectivity index (χ4n) is 0.942. The summed E-state index contributed by atoms with van der Waals surface area (Å²) in [5.74, 6) is -1.02. The minimum Gasteiger partial charge on any atom is -0.481 e. The van der Waals surface area contributed by atoms with Crippen LogP contribution in [-0.4, -0.2) is 43.4 Å². The van der Waals surface area contributed by atoms with Crippen molar-refractivity contribution in [3.63, 3.8) is 0 Å². The van der Waals surface area contributed by atoms with Gasteiger partial charge in [-0.25, -0.2) is 4.72 Å². The summed E-state index contributed by atoms with van der Waals surface area (Å²) in [6.45, 7) is 4.12. The molecule has 0 heterocycles. The van der Waals surface area contributed by atoms with Crippen LogP contribution in [0.25, 0.3) is 0 Å². The number of aliphatic carboxylic acids is 1. The van der Waals surface area contributed by atoms with Gasteiger partial charge < -0.3 is 5.11 Å². The number of nitrogens with one attached hydrogen (secondary N) is 1. The predicted molar refractivity (Wildman–Crippen MR) is 52.1 cm³/mol. The molecule has 0 aliphatic carbocycles. The Bertz CT molecular complexity index is 271. The van der Waals surface area contributed by atoms with E-state index in [1.54, 1.807) is 13.8 Å². The van der Waals surface area contributed by atoms with E-state index < -0.39 is 16.2 Å². The Labute approximate surface area is 84.1 Å². The van der Waals surface area contributed by atoms with Gasteiger partial charge in [-0.3, -0.25) is 4.79 Å². The molecule has 0 radical (unpaired) electrons. The average molecular weight is 224 g/mol. The van der Waals surface area contributed by atoms with Gasteiger partial charge in [0.1, 0.15) is 0 Å². The lowest BCUT2D eigenvalue weighted by atomic mass is 10.5. The van der Waals surface area contributed by atoms with Crippen molar-refractivity contribution in [2.75, 3.05) is 19.6 Å². The molecule has 14 heavy (non-hydrogen) atoms. The molecule has 7 heteroatoms. The molecule has 0 aromatic rings. The summed E-state index contributed by atoms with van der Waals surface area (Å²) in [6.07, 6.45) is -0.208. The molecule has 0 amide bonds. The standard InChI is InChI=1S/C7H16N2O4S/c1-3-9(4-2)14(12,13)8-6-5-7(10)11/h8H,3-6H2,1-2H3,(H,10,11). The highest BCUT2D eigenvalue weighted by Crippen LogP contribution is 1.96. The van der Waals surface area contributed by atoms with E-state index in [0.717, 1.165) is 0 Å². The third-order valence-electron chi connectivity index (χ3n) is 1.67. The molecule has 0 atom stereocenters. The van der Waals surface area contributed by atoms with Gasteiger partial charge in [-0.15, -0.1) is 0 Å². The van der Waals surface area contributed by atoms with Gasteiger partial charge in [-0.05, 0) is 0 Å². The molecule has 0 aromatic carbocycles. The lowest BCUT2D eigenvalue weighted by Gasteiger charge is -2.18. The van der Waals surface area contributed by atoms with Crippen LogP contribution in [0.2, 0.25) is 0 Å². The van der Waals surface area contributed by atoms with Crippen LogP contribution in [0, 0.1) is 0 Å². The summed E-state index contributed by atoms with van der Waals surface area (Å²) in [5, 5.41) is 8.31. The number of carboxylic acids is 1. The Kier molecular flexibility index (Phi) is 5.66. The molecular formula is C7H16N2O4S. The third kappa shape index (κ3) is 4.54. The van der Waals surface area contributed by atoms with Gasteiger partial charge in [0.15, 0.2) is 0 Å². The fourth-order valence-corrected chi connectivity index (χ4v) is 2.16. The zero-order chi connectivity index (χ0) is 11.2. The Morgan fingerprint density at radius 3 is 2.21 bits per heavy atom. The lowest BCUT2D eigenvalue weighted by molar-refractivity contribution is -0.136. The molecule has 0 aromatic heterocycles. The Morgan fingerprint density at radius 1 is 1.36 bits per heavy atom. The van der Waals surface area contributed by atoms with Crippen molar-refractivity contribution >= 4 is 16.2 Å². The molecular weight excluding hydrogens is 208 g/mol. The molecule has 0 spiro atoms. The predicted octanol–water partition coefficient (Wildman–Crippen LogP) is -0.363. The highest BCUT2D eigenvalue weighted by atomic mass is 32.2. The van der Waals surface area contributed by atoms with Gasteiger partial charge in [0.05, 0.1) is 6.42 Å². The lowest BCUT2D eigenvalue weighted by Crippen LogP contribution is -2.41. The normalized spacial score (nSPS) is 11.9. The molecule has 0 saturated carbocycles. The fraction of sp³-hybridized carbons (Fsp3) is 0.857. The summed E-state index contributed by atoms with van der Waals surface area (Å²) < 4.78 is 26.2. The van der Waals surface area contributed by atoms with Crippen molar-refractivity contribution in [3.8, 4) is 0 Å². The van der Waals surface area contributed by atoms with Gasteiger partial charge in [-0.1, -0.05) is 13.8 Å². The second-order valence-electron chi connectivity index (χ2n) is 2.63. The molecule has 0 aliphatic rings. The number of carboxylic acid groups (broad SMARTS) is 1. The van der Waals surface area contributed by atoms with Crippen LogP contribution in [0.1, 0.15) is 20.3 Å². The molecule has 0 bridgehead atoms. The first-order valence-corrected chi connectivity index (χ1v) is 5.84. The topological polar surface area (TPSA) is 86.7 Å². The van der Waals surface area contributed by atoms with Crippen molar-refractivity contribution in [1.29, 1.82) is 0 Å². The highest BCUT2D eigenvalue weighted by molar-refractivity contribution is 7.87. The Morgan fingerprint density at radius 2 is 1.86 bits per heavy atom. The molecule has 2 N–H and O–H groups in total. The summed E-state index contributed by atoms with van der Waals surface area (Å²) in [4.78, 5) is 10.1. The van der Waals surface area contributed by atoms with E-state index >= 15 is 0 Å². The molecule has 84 valence electrons. The monoisotopic (exact) mass is 224 g/mol. The van der Waals surface area contributed by atoms with Gasteiger partial charge in [0, 0.05) is 19.6 Å². The Balaban J connectivity index is 4.13. The minimum atomic E-state index is -3.50. The van der Waals surface area contributed by atoms with Gasteiger partial charge in [0.2, 0.25) is 0 Å². The number of carbonyl (C=O) groups is 1. The summed E-state index contributed by atoms with van der Waals surface area (Å²) in [5.41, 5.74) is 0. The summed E-state index contributed by atoms with van der Waals surface area (Å²) in [6, 6.07) is 0. The maximum absolute atomic E-state index is 11.4. The molecule has 6 nitrogen and oxygen atoms in total. The highest BCUT2D eigenvalue weighted by Gasteiger charge is 2.17. The largest absolute Gasteiger partial charge is 0.481 e. The quantitative estimate of drug-likeness (QED) is 0.618. The Hall–Kier alpha value is -0.660. The first kappa shape index (κ1) is 13.3. The summed E-state index contributed by atoms with van der Waals surface area (Å²) >= 11 is 0. The van der Waals surface area contributed by atoms with E-state index in [9.17, 15) is 13.2 Å². The maximum Gasteiger partial charge on any atom is 0.304 e. The van der Waals surface area contributed by atoms with E-state index in [1.165, 1.54) is 4.31 Å². The van der Waals surface area contributed by atoms with Crippen LogP contribution < -0.4 is 4.72 Å². The first-order valence-electron chi connectivity index (χ1n) is 4.40. The van der Waals surface area contributed by atoms with Gasteiger partial charge >= 0.3 is 5.97 Å². The molecule has 0 unspecified atom stereocenters. The van der Waals surface area contributed by atoms with Crippen molar-refractivity contribution < 1.29 is 18.3 Å². The van der Waals surface area contributed by atoms with Crippen LogP contribution in [0.3, 0.4) is 0 Å².